The topological polar surface area (TPSA) is 29.5 Å². The molecule has 3 aromatic carbocycles. The maximum atomic E-state index is 13.3. The van der Waals surface area contributed by atoms with E-state index in [9.17, 15) is 4.79 Å². The van der Waals surface area contributed by atoms with Crippen LogP contribution in [0.4, 0.5) is 5.69 Å². The number of methoxy groups -OCH3 is 1. The summed E-state index contributed by atoms with van der Waals surface area (Å²) in [5.74, 6) is 0.576. The fourth-order valence-electron chi connectivity index (χ4n) is 3.09. The van der Waals surface area contributed by atoms with Crippen LogP contribution in [0.2, 0.25) is 0 Å². The number of benzene rings is 3. The van der Waals surface area contributed by atoms with E-state index in [0.717, 1.165) is 28.1 Å². The minimum absolute atomic E-state index is 0.163. The van der Waals surface area contributed by atoms with Gasteiger partial charge in [-0.25, -0.2) is 0 Å². The van der Waals surface area contributed by atoms with Gasteiger partial charge < -0.3 is 9.64 Å². The molecule has 0 spiro atoms. The maximum Gasteiger partial charge on any atom is 0.249 e. The molecule has 0 aliphatic heterocycles. The van der Waals surface area contributed by atoms with E-state index in [1.807, 2.05) is 91.9 Å². The lowest BCUT2D eigenvalue weighted by molar-refractivity contribution is -0.118. The maximum absolute atomic E-state index is 13.3. The average Bonchev–Trinajstić information content (AvgIpc) is 2.78. The van der Waals surface area contributed by atoms with Gasteiger partial charge in [-0.05, 0) is 42.3 Å². The molecule has 0 aliphatic rings. The number of halogens is 1. The molecule has 3 nitrogen and oxygen atoms in total. The summed E-state index contributed by atoms with van der Waals surface area (Å²) in [5, 5.41) is -0.761. The van der Waals surface area contributed by atoms with Crippen LogP contribution in [0.1, 0.15) is 23.4 Å². The van der Waals surface area contributed by atoms with Crippen molar-refractivity contribution in [2.75, 3.05) is 18.6 Å². The molecule has 1 unspecified atom stereocenters. The van der Waals surface area contributed by atoms with Gasteiger partial charge in [-0.15, -0.1) is 11.6 Å². The van der Waals surface area contributed by atoms with Gasteiger partial charge in [0.2, 0.25) is 5.91 Å². The molecular formula is C25H24ClNO2. The third kappa shape index (κ3) is 5.49. The molecule has 0 aromatic heterocycles. The van der Waals surface area contributed by atoms with Gasteiger partial charge in [-0.2, -0.15) is 0 Å². The Morgan fingerprint density at radius 1 is 0.966 bits per heavy atom. The van der Waals surface area contributed by atoms with Gasteiger partial charge in [-0.1, -0.05) is 72.3 Å². The Morgan fingerprint density at radius 2 is 1.55 bits per heavy atom. The van der Waals surface area contributed by atoms with Crippen LogP contribution in [0.25, 0.3) is 6.08 Å². The van der Waals surface area contributed by atoms with Crippen molar-refractivity contribution in [3.05, 3.63) is 102 Å². The number of carbonyl (C=O) groups excluding carboxylic acids is 1. The summed E-state index contributed by atoms with van der Waals surface area (Å²) in [6.45, 7) is 2.46. The summed E-state index contributed by atoms with van der Waals surface area (Å²) in [4.78, 5) is 15.0. The van der Waals surface area contributed by atoms with Crippen molar-refractivity contribution in [1.82, 2.24) is 0 Å². The van der Waals surface area contributed by atoms with Crippen LogP contribution in [-0.2, 0) is 4.79 Å². The second-order valence-electron chi connectivity index (χ2n) is 6.80. The molecule has 3 rings (SSSR count). The highest BCUT2D eigenvalue weighted by Crippen LogP contribution is 2.28. The van der Waals surface area contributed by atoms with Gasteiger partial charge >= 0.3 is 0 Å². The molecule has 3 aromatic rings. The van der Waals surface area contributed by atoms with Crippen LogP contribution < -0.4 is 9.64 Å². The predicted molar refractivity (Wildman–Crippen MR) is 120 cm³/mol. The number of hydrogen-bond donors (Lipinski definition) is 0. The fourth-order valence-corrected chi connectivity index (χ4v) is 3.35. The van der Waals surface area contributed by atoms with Crippen molar-refractivity contribution in [2.24, 2.45) is 0 Å². The summed E-state index contributed by atoms with van der Waals surface area (Å²) in [7, 11) is 1.62. The molecule has 0 saturated heterocycles. The first-order valence-corrected chi connectivity index (χ1v) is 9.89. The number of hydrogen-bond acceptors (Lipinski definition) is 2. The minimum atomic E-state index is -0.761. The van der Waals surface area contributed by atoms with Crippen molar-refractivity contribution < 1.29 is 9.53 Å². The molecule has 148 valence electrons. The Hall–Kier alpha value is -3.04. The third-order valence-electron chi connectivity index (χ3n) is 4.58. The number of ether oxygens (including phenoxy) is 1. The molecule has 0 bridgehead atoms. The molecule has 0 N–H and O–H groups in total. The van der Waals surface area contributed by atoms with Crippen LogP contribution in [0.15, 0.2) is 90.5 Å². The van der Waals surface area contributed by atoms with Crippen molar-refractivity contribution in [3.63, 3.8) is 0 Å². The molecule has 0 aliphatic carbocycles. The van der Waals surface area contributed by atoms with Crippen LogP contribution >= 0.6 is 11.6 Å². The second kappa shape index (κ2) is 9.94. The summed E-state index contributed by atoms with van der Waals surface area (Å²) in [5.41, 5.74) is 3.70. The van der Waals surface area contributed by atoms with Crippen molar-refractivity contribution in [2.45, 2.75) is 12.3 Å². The fraction of sp³-hybridized carbons (Fsp3) is 0.160. The SMILES string of the molecule is COc1ccc(N(C/C(C)=C/c2ccccc2)C(=O)C(Cl)c2ccccc2)cc1. The summed E-state index contributed by atoms with van der Waals surface area (Å²) >= 11 is 6.57. The summed E-state index contributed by atoms with van der Waals surface area (Å²) in [6.07, 6.45) is 2.08. The van der Waals surface area contributed by atoms with E-state index >= 15 is 0 Å². The molecule has 0 heterocycles. The summed E-state index contributed by atoms with van der Waals surface area (Å²) in [6, 6.07) is 26.9. The average molecular weight is 406 g/mol. The lowest BCUT2D eigenvalue weighted by Crippen LogP contribution is -2.35. The number of carbonyl (C=O) groups is 1. The highest BCUT2D eigenvalue weighted by atomic mass is 35.5. The van der Waals surface area contributed by atoms with Gasteiger partial charge in [0.15, 0.2) is 0 Å². The first kappa shape index (κ1) is 20.7. The molecular weight excluding hydrogens is 382 g/mol. The van der Waals surface area contributed by atoms with E-state index in [-0.39, 0.29) is 5.91 Å². The first-order chi connectivity index (χ1) is 14.1. The number of alkyl halides is 1. The van der Waals surface area contributed by atoms with Gasteiger partial charge in [-0.3, -0.25) is 4.79 Å². The number of nitrogens with zero attached hydrogens (tertiary/aromatic N) is 1. The smallest absolute Gasteiger partial charge is 0.249 e. The number of rotatable bonds is 7. The van der Waals surface area contributed by atoms with E-state index in [1.165, 1.54) is 0 Å². The van der Waals surface area contributed by atoms with E-state index in [4.69, 9.17) is 16.3 Å². The van der Waals surface area contributed by atoms with Gasteiger partial charge in [0, 0.05) is 12.2 Å². The number of amides is 1. The van der Waals surface area contributed by atoms with Crippen LogP contribution in [0, 0.1) is 0 Å². The Bertz CT molecular complexity index is 953. The predicted octanol–water partition coefficient (Wildman–Crippen LogP) is 6.11. The monoisotopic (exact) mass is 405 g/mol. The van der Waals surface area contributed by atoms with Crippen LogP contribution in [0.3, 0.4) is 0 Å². The zero-order chi connectivity index (χ0) is 20.6. The van der Waals surface area contributed by atoms with E-state index < -0.39 is 5.38 Å². The highest BCUT2D eigenvalue weighted by molar-refractivity contribution is 6.32. The molecule has 0 saturated carbocycles. The van der Waals surface area contributed by atoms with Crippen molar-refractivity contribution in [3.8, 4) is 5.75 Å². The van der Waals surface area contributed by atoms with E-state index in [0.29, 0.717) is 6.54 Å². The molecule has 29 heavy (non-hydrogen) atoms. The standard InChI is InChI=1S/C25H24ClNO2/c1-19(17-20-9-5-3-6-10-20)18-27(22-13-15-23(29-2)16-14-22)25(28)24(26)21-11-7-4-8-12-21/h3-17,24H,18H2,1-2H3/b19-17+. The molecule has 1 amide bonds. The van der Waals surface area contributed by atoms with Crippen LogP contribution in [0.5, 0.6) is 5.75 Å². The van der Waals surface area contributed by atoms with E-state index in [2.05, 4.69) is 6.08 Å². The van der Waals surface area contributed by atoms with E-state index in [1.54, 1.807) is 12.0 Å². The minimum Gasteiger partial charge on any atom is -0.497 e. The molecule has 1 atom stereocenters. The Labute approximate surface area is 177 Å². The van der Waals surface area contributed by atoms with Crippen LogP contribution in [-0.4, -0.2) is 19.6 Å². The molecule has 0 radical (unpaired) electrons. The van der Waals surface area contributed by atoms with Crippen molar-refractivity contribution in [1.29, 1.82) is 0 Å². The van der Waals surface area contributed by atoms with Gasteiger partial charge in [0.25, 0.3) is 0 Å². The lowest BCUT2D eigenvalue weighted by Gasteiger charge is -2.26. The summed E-state index contributed by atoms with van der Waals surface area (Å²) < 4.78 is 5.25. The zero-order valence-corrected chi connectivity index (χ0v) is 17.3. The molecule has 4 heteroatoms. The third-order valence-corrected chi connectivity index (χ3v) is 5.02. The Kier molecular flexibility index (Phi) is 7.09. The zero-order valence-electron chi connectivity index (χ0n) is 16.6. The number of anilines is 1. The molecule has 0 fully saturated rings. The van der Waals surface area contributed by atoms with Crippen molar-refractivity contribution >= 4 is 29.3 Å². The lowest BCUT2D eigenvalue weighted by atomic mass is 10.1. The first-order valence-electron chi connectivity index (χ1n) is 9.45. The highest BCUT2D eigenvalue weighted by Gasteiger charge is 2.25. The van der Waals surface area contributed by atoms with Gasteiger partial charge in [0.05, 0.1) is 7.11 Å². The Morgan fingerprint density at radius 3 is 2.14 bits per heavy atom. The second-order valence-corrected chi connectivity index (χ2v) is 7.23. The quantitative estimate of drug-likeness (QED) is 0.443. The normalized spacial score (nSPS) is 12.3. The Balaban J connectivity index is 1.90. The largest absolute Gasteiger partial charge is 0.497 e. The van der Waals surface area contributed by atoms with Gasteiger partial charge in [0.1, 0.15) is 11.1 Å².